The van der Waals surface area contributed by atoms with Crippen molar-refractivity contribution in [2.75, 3.05) is 38.6 Å². The fraction of sp³-hybridized carbons (Fsp3) is 0.455. The number of likely N-dealkylation sites (tertiary alicyclic amines) is 1. The molecule has 3 heterocycles. The first kappa shape index (κ1) is 20.7. The summed E-state index contributed by atoms with van der Waals surface area (Å²) in [5, 5.41) is 24.8. The predicted octanol–water partition coefficient (Wildman–Crippen LogP) is 2.24. The maximum atomic E-state index is 13.9. The van der Waals surface area contributed by atoms with Gasteiger partial charge in [0.25, 0.3) is 5.95 Å². The minimum Gasteiger partial charge on any atom is -0.492 e. The number of nitrogens with one attached hydrogen (secondary N) is 1. The van der Waals surface area contributed by atoms with Crippen LogP contribution in [0, 0.1) is 5.95 Å². The maximum absolute atomic E-state index is 13.9. The zero-order valence-corrected chi connectivity index (χ0v) is 16.9. The van der Waals surface area contributed by atoms with E-state index in [9.17, 15) is 19.4 Å². The lowest BCUT2D eigenvalue weighted by molar-refractivity contribution is -0.0380. The third-order valence-corrected chi connectivity index (χ3v) is 6.02. The van der Waals surface area contributed by atoms with Crippen molar-refractivity contribution in [3.8, 4) is 5.75 Å². The molecule has 4 rings (SSSR count). The summed E-state index contributed by atoms with van der Waals surface area (Å²) in [4.78, 5) is 18.0. The quantitative estimate of drug-likeness (QED) is 0.645. The standard InChI is InChI=1S/C22H26FN3O4/c1-30-19-4-5-20(25-21(19)23)22(29)7-10-26(11-8-22)13-18(28)14-2-3-16-15(12-14)17(27)6-9-24-16/h2-5,12,18,24,28-29H,6-11,13H2,1H3. The van der Waals surface area contributed by atoms with E-state index in [1.807, 2.05) is 12.1 Å². The molecule has 3 N–H and O–H groups in total. The Morgan fingerprint density at radius 2 is 2.07 bits per heavy atom. The van der Waals surface area contributed by atoms with Gasteiger partial charge in [-0.2, -0.15) is 4.39 Å². The van der Waals surface area contributed by atoms with Crippen LogP contribution in [-0.2, 0) is 5.60 Å². The number of hydrogen-bond acceptors (Lipinski definition) is 7. The Labute approximate surface area is 174 Å². The van der Waals surface area contributed by atoms with Crippen LogP contribution >= 0.6 is 0 Å². The molecule has 0 bridgehead atoms. The van der Waals surface area contributed by atoms with Crippen molar-refractivity contribution in [1.29, 1.82) is 0 Å². The summed E-state index contributed by atoms with van der Waals surface area (Å²) in [6.07, 6.45) is 0.473. The van der Waals surface area contributed by atoms with Gasteiger partial charge < -0.3 is 25.2 Å². The fourth-order valence-corrected chi connectivity index (χ4v) is 4.14. The number of hydrogen-bond donors (Lipinski definition) is 3. The Morgan fingerprint density at radius 1 is 1.30 bits per heavy atom. The van der Waals surface area contributed by atoms with Crippen molar-refractivity contribution in [1.82, 2.24) is 9.88 Å². The molecule has 2 aliphatic heterocycles. The molecular formula is C22H26FN3O4. The summed E-state index contributed by atoms with van der Waals surface area (Å²) in [7, 11) is 1.37. The third kappa shape index (κ3) is 4.03. The van der Waals surface area contributed by atoms with Crippen LogP contribution in [0.5, 0.6) is 5.75 Å². The molecule has 8 heteroatoms. The SMILES string of the molecule is COc1ccc(C2(O)CCN(CC(O)c3ccc4c(c3)C(=O)CCN4)CC2)nc1F. The molecule has 0 amide bonds. The van der Waals surface area contributed by atoms with E-state index in [-0.39, 0.29) is 11.5 Å². The molecule has 1 atom stereocenters. The van der Waals surface area contributed by atoms with Gasteiger partial charge >= 0.3 is 0 Å². The number of benzene rings is 1. The minimum atomic E-state index is -1.21. The number of halogens is 1. The second-order valence-electron chi connectivity index (χ2n) is 7.94. The largest absolute Gasteiger partial charge is 0.492 e. The van der Waals surface area contributed by atoms with E-state index in [2.05, 4.69) is 15.2 Å². The number of carbonyl (C=O) groups is 1. The van der Waals surface area contributed by atoms with Crippen LogP contribution < -0.4 is 10.1 Å². The van der Waals surface area contributed by atoms with E-state index >= 15 is 0 Å². The van der Waals surface area contributed by atoms with E-state index in [0.717, 1.165) is 5.69 Å². The number of ketones is 1. The summed E-state index contributed by atoms with van der Waals surface area (Å²) in [5.74, 6) is -0.612. The molecule has 160 valence electrons. The number of aromatic nitrogens is 1. The van der Waals surface area contributed by atoms with Gasteiger partial charge in [0.15, 0.2) is 11.5 Å². The molecule has 1 aromatic heterocycles. The first-order valence-corrected chi connectivity index (χ1v) is 10.1. The van der Waals surface area contributed by atoms with Crippen molar-refractivity contribution in [3.63, 3.8) is 0 Å². The number of carbonyl (C=O) groups excluding carboxylic acids is 1. The van der Waals surface area contributed by atoms with Crippen molar-refractivity contribution < 1.29 is 24.1 Å². The Balaban J connectivity index is 1.39. The van der Waals surface area contributed by atoms with Crippen LogP contribution in [0.1, 0.15) is 47.0 Å². The summed E-state index contributed by atoms with van der Waals surface area (Å²) >= 11 is 0. The van der Waals surface area contributed by atoms with Crippen LogP contribution in [0.25, 0.3) is 0 Å². The highest BCUT2D eigenvalue weighted by Gasteiger charge is 2.36. The summed E-state index contributed by atoms with van der Waals surface area (Å²) in [5.41, 5.74) is 1.22. The Hall–Kier alpha value is -2.55. The van der Waals surface area contributed by atoms with Gasteiger partial charge in [-0.25, -0.2) is 4.98 Å². The highest BCUT2D eigenvalue weighted by atomic mass is 19.1. The average molecular weight is 415 g/mol. The molecule has 0 saturated carbocycles. The number of anilines is 1. The minimum absolute atomic E-state index is 0.0432. The van der Waals surface area contributed by atoms with E-state index in [4.69, 9.17) is 4.74 Å². The van der Waals surface area contributed by atoms with E-state index in [1.165, 1.54) is 13.2 Å². The lowest BCUT2D eigenvalue weighted by Gasteiger charge is -2.38. The number of methoxy groups -OCH3 is 1. The first-order valence-electron chi connectivity index (χ1n) is 10.1. The first-order chi connectivity index (χ1) is 14.4. The van der Waals surface area contributed by atoms with Gasteiger partial charge in [-0.1, -0.05) is 6.07 Å². The molecule has 1 fully saturated rings. The van der Waals surface area contributed by atoms with E-state index in [1.54, 1.807) is 12.1 Å². The Morgan fingerprint density at radius 3 is 2.77 bits per heavy atom. The van der Waals surface area contributed by atoms with Crippen LogP contribution in [0.15, 0.2) is 30.3 Å². The van der Waals surface area contributed by atoms with Crippen LogP contribution in [0.3, 0.4) is 0 Å². The molecule has 30 heavy (non-hydrogen) atoms. The number of rotatable bonds is 5. The molecule has 0 radical (unpaired) electrons. The molecule has 2 aromatic rings. The Bertz CT molecular complexity index is 944. The highest BCUT2D eigenvalue weighted by Crippen LogP contribution is 2.34. The molecule has 0 spiro atoms. The predicted molar refractivity (Wildman–Crippen MR) is 109 cm³/mol. The molecule has 7 nitrogen and oxygen atoms in total. The van der Waals surface area contributed by atoms with Gasteiger partial charge in [0.1, 0.15) is 5.60 Å². The summed E-state index contributed by atoms with van der Waals surface area (Å²) in [6.45, 7) is 2.10. The van der Waals surface area contributed by atoms with Gasteiger partial charge in [0, 0.05) is 43.9 Å². The normalized spacial score (nSPS) is 19.7. The number of pyridine rings is 1. The zero-order chi connectivity index (χ0) is 21.3. The maximum Gasteiger partial charge on any atom is 0.255 e. The van der Waals surface area contributed by atoms with Gasteiger partial charge in [0.2, 0.25) is 0 Å². The average Bonchev–Trinajstić information content (AvgIpc) is 2.75. The van der Waals surface area contributed by atoms with Crippen LogP contribution in [0.4, 0.5) is 10.1 Å². The van der Waals surface area contributed by atoms with Crippen LogP contribution in [-0.4, -0.2) is 59.2 Å². The lowest BCUT2D eigenvalue weighted by Crippen LogP contribution is -2.44. The van der Waals surface area contributed by atoms with E-state index in [0.29, 0.717) is 62.3 Å². The number of aliphatic hydroxyl groups is 2. The molecule has 1 aromatic carbocycles. The number of nitrogens with zero attached hydrogens (tertiary/aromatic N) is 2. The van der Waals surface area contributed by atoms with Crippen molar-refractivity contribution in [3.05, 3.63) is 53.1 Å². The number of ether oxygens (including phenoxy) is 1. The smallest absolute Gasteiger partial charge is 0.255 e. The number of β-amino-alcohol motifs (C(OH)–C–C–N with tert-alkyl or cyclic N) is 1. The zero-order valence-electron chi connectivity index (χ0n) is 16.9. The molecule has 0 aliphatic carbocycles. The third-order valence-electron chi connectivity index (χ3n) is 6.02. The van der Waals surface area contributed by atoms with Crippen LogP contribution in [0.2, 0.25) is 0 Å². The van der Waals surface area contributed by atoms with Gasteiger partial charge in [0.05, 0.1) is 18.9 Å². The van der Waals surface area contributed by atoms with Gasteiger partial charge in [-0.15, -0.1) is 0 Å². The van der Waals surface area contributed by atoms with Gasteiger partial charge in [-0.05, 0) is 42.7 Å². The highest BCUT2D eigenvalue weighted by molar-refractivity contribution is 6.03. The van der Waals surface area contributed by atoms with E-state index < -0.39 is 17.7 Å². The second kappa shape index (κ2) is 8.29. The molecule has 2 aliphatic rings. The second-order valence-corrected chi connectivity index (χ2v) is 7.94. The summed E-state index contributed by atoms with van der Waals surface area (Å²) in [6, 6.07) is 8.49. The molecular weight excluding hydrogens is 389 g/mol. The molecule has 1 saturated heterocycles. The van der Waals surface area contributed by atoms with Crippen molar-refractivity contribution >= 4 is 11.5 Å². The Kier molecular flexibility index (Phi) is 5.73. The summed E-state index contributed by atoms with van der Waals surface area (Å²) < 4.78 is 18.8. The number of aliphatic hydroxyl groups excluding tert-OH is 1. The van der Waals surface area contributed by atoms with Crippen molar-refractivity contribution in [2.45, 2.75) is 31.0 Å². The lowest BCUT2D eigenvalue weighted by atomic mass is 9.87. The number of piperidine rings is 1. The molecule has 1 unspecified atom stereocenters. The number of fused-ring (bicyclic) bond motifs is 1. The van der Waals surface area contributed by atoms with Gasteiger partial charge in [-0.3, -0.25) is 4.79 Å². The van der Waals surface area contributed by atoms with Crippen molar-refractivity contribution in [2.24, 2.45) is 0 Å². The topological polar surface area (TPSA) is 94.9 Å². The fourth-order valence-electron chi connectivity index (χ4n) is 4.14. The monoisotopic (exact) mass is 415 g/mol. The number of Topliss-reactive ketones (excluding diaryl/α,β-unsaturated/α-hetero) is 1.